The van der Waals surface area contributed by atoms with E-state index in [4.69, 9.17) is 0 Å². The summed E-state index contributed by atoms with van der Waals surface area (Å²) in [6.07, 6.45) is 1.09. The molecule has 1 atom stereocenters. The molecule has 0 radical (unpaired) electrons. The van der Waals surface area contributed by atoms with Crippen LogP contribution in [0.1, 0.15) is 31.7 Å². The minimum atomic E-state index is -0.293. The Balaban J connectivity index is 1.88. The Kier molecular flexibility index (Phi) is 6.01. The number of carbonyl (C=O) groups excluding carboxylic acids is 1. The number of carbonyl (C=O) groups is 1. The summed E-state index contributed by atoms with van der Waals surface area (Å²) in [5, 5.41) is 2.83. The molecule has 0 aliphatic rings. The molecule has 1 amide bonds. The summed E-state index contributed by atoms with van der Waals surface area (Å²) in [5.41, 5.74) is 2.03. The van der Waals surface area contributed by atoms with Crippen molar-refractivity contribution in [1.29, 1.82) is 0 Å². The monoisotopic (exact) mass is 317 g/mol. The number of benzene rings is 2. The summed E-state index contributed by atoms with van der Waals surface area (Å²) in [7, 11) is 0. The third-order valence-corrected chi connectivity index (χ3v) is 4.62. The van der Waals surface area contributed by atoms with E-state index in [1.54, 1.807) is 18.2 Å². The first kappa shape index (κ1) is 16.6. The lowest BCUT2D eigenvalue weighted by atomic mass is 9.99. The number of anilines is 1. The Bertz CT molecular complexity index is 627. The molecule has 1 N–H and O–H groups in total. The molecule has 0 bridgehead atoms. The van der Waals surface area contributed by atoms with Gasteiger partial charge in [-0.05, 0) is 42.2 Å². The summed E-state index contributed by atoms with van der Waals surface area (Å²) in [6.45, 7) is 4.33. The number of thioether (sulfide) groups is 1. The van der Waals surface area contributed by atoms with E-state index in [2.05, 4.69) is 19.2 Å². The molecule has 4 heteroatoms. The van der Waals surface area contributed by atoms with E-state index in [0.29, 0.717) is 10.8 Å². The average Bonchev–Trinajstić information content (AvgIpc) is 2.54. The van der Waals surface area contributed by atoms with Crippen LogP contribution < -0.4 is 5.32 Å². The van der Waals surface area contributed by atoms with Gasteiger partial charge in [0.15, 0.2) is 0 Å². The maximum Gasteiger partial charge on any atom is 0.234 e. The highest BCUT2D eigenvalue weighted by molar-refractivity contribution is 8.00. The Morgan fingerprint density at radius 2 is 1.86 bits per heavy atom. The zero-order chi connectivity index (χ0) is 15.9. The van der Waals surface area contributed by atoms with Crippen molar-refractivity contribution in [3.8, 4) is 0 Å². The molecule has 2 aromatic rings. The number of hydrogen-bond donors (Lipinski definition) is 1. The van der Waals surface area contributed by atoms with Crippen LogP contribution in [0.4, 0.5) is 10.1 Å². The first-order valence-electron chi connectivity index (χ1n) is 7.37. The Labute approximate surface area is 135 Å². The van der Waals surface area contributed by atoms with Crippen molar-refractivity contribution < 1.29 is 9.18 Å². The summed E-state index contributed by atoms with van der Waals surface area (Å²) in [5.74, 6) is 0.276. The Morgan fingerprint density at radius 1 is 1.18 bits per heavy atom. The Morgan fingerprint density at radius 3 is 2.50 bits per heavy atom. The van der Waals surface area contributed by atoms with Gasteiger partial charge in [0.2, 0.25) is 5.91 Å². The van der Waals surface area contributed by atoms with Crippen LogP contribution in [0.5, 0.6) is 0 Å². The highest BCUT2D eigenvalue weighted by Crippen LogP contribution is 2.22. The zero-order valence-electron chi connectivity index (χ0n) is 12.8. The van der Waals surface area contributed by atoms with Gasteiger partial charge in [0.25, 0.3) is 0 Å². The van der Waals surface area contributed by atoms with Crippen LogP contribution in [-0.4, -0.2) is 11.7 Å². The minimum Gasteiger partial charge on any atom is -0.325 e. The van der Waals surface area contributed by atoms with Gasteiger partial charge in [0.05, 0.1) is 5.75 Å². The van der Waals surface area contributed by atoms with Crippen molar-refractivity contribution in [2.45, 2.75) is 31.1 Å². The lowest BCUT2D eigenvalue weighted by Crippen LogP contribution is -2.14. The molecule has 0 aromatic heterocycles. The third kappa shape index (κ3) is 4.60. The van der Waals surface area contributed by atoms with E-state index in [1.807, 2.05) is 24.3 Å². The van der Waals surface area contributed by atoms with Gasteiger partial charge in [0, 0.05) is 10.6 Å². The number of halogens is 1. The zero-order valence-corrected chi connectivity index (χ0v) is 13.6. The molecular formula is C18H20FNOS. The van der Waals surface area contributed by atoms with Gasteiger partial charge in [-0.3, -0.25) is 4.79 Å². The molecule has 0 unspecified atom stereocenters. The number of rotatable bonds is 6. The normalized spacial score (nSPS) is 12.0. The molecule has 0 aliphatic heterocycles. The second-order valence-electron chi connectivity index (χ2n) is 5.20. The first-order chi connectivity index (χ1) is 10.6. The van der Waals surface area contributed by atoms with Crippen LogP contribution in [0.2, 0.25) is 0 Å². The first-order valence-corrected chi connectivity index (χ1v) is 8.36. The summed E-state index contributed by atoms with van der Waals surface area (Å²) >= 11 is 1.20. The lowest BCUT2D eigenvalue weighted by molar-refractivity contribution is -0.113. The fourth-order valence-corrected chi connectivity index (χ4v) is 2.77. The van der Waals surface area contributed by atoms with Gasteiger partial charge in [0.1, 0.15) is 5.82 Å². The van der Waals surface area contributed by atoms with Crippen LogP contribution >= 0.6 is 11.8 Å². The highest BCUT2D eigenvalue weighted by Gasteiger charge is 2.07. The smallest absolute Gasteiger partial charge is 0.234 e. The number of nitrogens with one attached hydrogen (secondary N) is 1. The largest absolute Gasteiger partial charge is 0.325 e. The Hall–Kier alpha value is -1.81. The van der Waals surface area contributed by atoms with Crippen molar-refractivity contribution in [1.82, 2.24) is 0 Å². The quantitative estimate of drug-likeness (QED) is 0.754. The van der Waals surface area contributed by atoms with Crippen LogP contribution in [0.3, 0.4) is 0 Å². The van der Waals surface area contributed by atoms with E-state index < -0.39 is 0 Å². The van der Waals surface area contributed by atoms with Crippen molar-refractivity contribution >= 4 is 23.4 Å². The van der Waals surface area contributed by atoms with Gasteiger partial charge >= 0.3 is 0 Å². The predicted molar refractivity (Wildman–Crippen MR) is 90.9 cm³/mol. The van der Waals surface area contributed by atoms with E-state index in [9.17, 15) is 9.18 Å². The minimum absolute atomic E-state index is 0.135. The van der Waals surface area contributed by atoms with Gasteiger partial charge in [-0.1, -0.05) is 38.1 Å². The molecule has 116 valence electrons. The van der Waals surface area contributed by atoms with E-state index in [-0.39, 0.29) is 17.5 Å². The SMILES string of the molecule is CC[C@H](C)c1ccc(NC(=O)CSc2ccccc2F)cc1. The van der Waals surface area contributed by atoms with Crippen LogP contribution in [0, 0.1) is 5.82 Å². The van der Waals surface area contributed by atoms with Gasteiger partial charge in [-0.2, -0.15) is 0 Å². The van der Waals surface area contributed by atoms with Crippen molar-refractivity contribution in [3.63, 3.8) is 0 Å². The van der Waals surface area contributed by atoms with Crippen molar-refractivity contribution in [2.24, 2.45) is 0 Å². The third-order valence-electron chi connectivity index (χ3n) is 3.57. The lowest BCUT2D eigenvalue weighted by Gasteiger charge is -2.10. The summed E-state index contributed by atoms with van der Waals surface area (Å²) < 4.78 is 13.5. The van der Waals surface area contributed by atoms with E-state index in [0.717, 1.165) is 12.1 Å². The maximum atomic E-state index is 13.5. The van der Waals surface area contributed by atoms with Crippen molar-refractivity contribution in [2.75, 3.05) is 11.1 Å². The standard InChI is InChI=1S/C18H20FNOS/c1-3-13(2)14-8-10-15(11-9-14)20-18(21)12-22-17-7-5-4-6-16(17)19/h4-11,13H,3,12H2,1-2H3,(H,20,21)/t13-/m0/s1. The van der Waals surface area contributed by atoms with E-state index >= 15 is 0 Å². The molecule has 2 aromatic carbocycles. The molecule has 2 nitrogen and oxygen atoms in total. The molecule has 0 fully saturated rings. The van der Waals surface area contributed by atoms with E-state index in [1.165, 1.54) is 23.4 Å². The topological polar surface area (TPSA) is 29.1 Å². The van der Waals surface area contributed by atoms with Gasteiger partial charge < -0.3 is 5.32 Å². The van der Waals surface area contributed by atoms with Gasteiger partial charge in [-0.15, -0.1) is 11.8 Å². The van der Waals surface area contributed by atoms with Crippen LogP contribution in [0.25, 0.3) is 0 Å². The summed E-state index contributed by atoms with van der Waals surface area (Å²) in [4.78, 5) is 12.4. The molecule has 0 aliphatic carbocycles. The fraction of sp³-hybridized carbons (Fsp3) is 0.278. The van der Waals surface area contributed by atoms with Gasteiger partial charge in [-0.25, -0.2) is 4.39 Å². The highest BCUT2D eigenvalue weighted by atomic mass is 32.2. The predicted octanol–water partition coefficient (Wildman–Crippen LogP) is 5.07. The fourth-order valence-electron chi connectivity index (χ4n) is 2.03. The molecule has 0 spiro atoms. The van der Waals surface area contributed by atoms with Crippen LogP contribution in [-0.2, 0) is 4.79 Å². The van der Waals surface area contributed by atoms with Crippen LogP contribution in [0.15, 0.2) is 53.4 Å². The molecule has 0 heterocycles. The maximum absolute atomic E-state index is 13.5. The average molecular weight is 317 g/mol. The van der Waals surface area contributed by atoms with Crippen molar-refractivity contribution in [3.05, 3.63) is 59.9 Å². The number of amides is 1. The summed E-state index contributed by atoms with van der Waals surface area (Å²) in [6, 6.07) is 14.4. The molecule has 0 saturated heterocycles. The second-order valence-corrected chi connectivity index (χ2v) is 6.22. The molecule has 22 heavy (non-hydrogen) atoms. The molecule has 2 rings (SSSR count). The molecular weight excluding hydrogens is 297 g/mol. The number of hydrogen-bond acceptors (Lipinski definition) is 2. The molecule has 0 saturated carbocycles. The second kappa shape index (κ2) is 7.99.